The van der Waals surface area contributed by atoms with Crippen molar-refractivity contribution in [2.75, 3.05) is 42.6 Å². The number of nitrogens with zero attached hydrogens (tertiary/aromatic N) is 2. The third kappa shape index (κ3) is 6.46. The zero-order valence-corrected chi connectivity index (χ0v) is 23.0. The third-order valence-electron chi connectivity index (χ3n) is 7.38. The van der Waals surface area contributed by atoms with Gasteiger partial charge in [0.05, 0.1) is 23.0 Å². The van der Waals surface area contributed by atoms with Gasteiger partial charge < -0.3 is 15.5 Å². The minimum absolute atomic E-state index is 0.0896. The first-order valence-corrected chi connectivity index (χ1v) is 14.9. The molecule has 2 fully saturated rings. The second-order valence-corrected chi connectivity index (χ2v) is 13.3. The van der Waals surface area contributed by atoms with Crippen molar-refractivity contribution in [3.63, 3.8) is 0 Å². The van der Waals surface area contributed by atoms with Gasteiger partial charge in [-0.15, -0.1) is 0 Å². The van der Waals surface area contributed by atoms with E-state index < -0.39 is 39.5 Å². The van der Waals surface area contributed by atoms with Crippen LogP contribution in [-0.2, 0) is 20.8 Å². The van der Waals surface area contributed by atoms with Gasteiger partial charge in [0.2, 0.25) is 5.91 Å². The average molecular weight is 572 g/mol. The predicted octanol–water partition coefficient (Wildman–Crippen LogP) is 4.88. The second kappa shape index (κ2) is 11.1. The lowest BCUT2D eigenvalue weighted by molar-refractivity contribution is -0.138. The van der Waals surface area contributed by atoms with E-state index in [1.807, 2.05) is 18.7 Å². The summed E-state index contributed by atoms with van der Waals surface area (Å²) in [5.74, 6) is -1.43. The van der Waals surface area contributed by atoms with E-state index in [0.717, 1.165) is 17.7 Å². The summed E-state index contributed by atoms with van der Waals surface area (Å²) >= 11 is 5.98. The first-order chi connectivity index (χ1) is 17.7. The number of rotatable bonds is 6. The number of benzene rings is 2. The predicted molar refractivity (Wildman–Crippen MR) is 143 cm³/mol. The van der Waals surface area contributed by atoms with E-state index >= 15 is 0 Å². The molecular formula is C27H33ClF3N3O3S. The highest BCUT2D eigenvalue weighted by atomic mass is 35.5. The van der Waals surface area contributed by atoms with Gasteiger partial charge >= 0.3 is 6.18 Å². The molecule has 208 valence electrons. The summed E-state index contributed by atoms with van der Waals surface area (Å²) in [5.41, 5.74) is 7.47. The number of sulfone groups is 1. The number of hydrogen-bond acceptors (Lipinski definition) is 5. The summed E-state index contributed by atoms with van der Waals surface area (Å²) in [6.45, 7) is 5.43. The first kappa shape index (κ1) is 28.7. The van der Waals surface area contributed by atoms with Gasteiger partial charge in [-0.2, -0.15) is 13.2 Å². The van der Waals surface area contributed by atoms with Crippen molar-refractivity contribution in [2.45, 2.75) is 38.4 Å². The summed E-state index contributed by atoms with van der Waals surface area (Å²) < 4.78 is 65.3. The van der Waals surface area contributed by atoms with E-state index in [9.17, 15) is 26.4 Å². The van der Waals surface area contributed by atoms with Gasteiger partial charge in [-0.25, -0.2) is 8.42 Å². The molecule has 4 rings (SSSR count). The maximum absolute atomic E-state index is 13.5. The van der Waals surface area contributed by atoms with E-state index in [-0.39, 0.29) is 23.3 Å². The molecule has 0 spiro atoms. The topological polar surface area (TPSA) is 83.7 Å². The number of hydrogen-bond donors (Lipinski definition) is 1. The Balaban J connectivity index is 1.51. The van der Waals surface area contributed by atoms with Gasteiger partial charge in [-0.1, -0.05) is 37.6 Å². The molecule has 0 saturated carbocycles. The largest absolute Gasteiger partial charge is 0.416 e. The Morgan fingerprint density at radius 2 is 1.68 bits per heavy atom. The number of nitrogens with two attached hydrogens (primary N) is 1. The molecule has 6 nitrogen and oxygen atoms in total. The lowest BCUT2D eigenvalue weighted by atomic mass is 9.88. The second-order valence-electron chi connectivity index (χ2n) is 10.7. The Kier molecular flexibility index (Phi) is 8.35. The van der Waals surface area contributed by atoms with E-state index in [2.05, 4.69) is 0 Å². The first-order valence-electron chi connectivity index (χ1n) is 12.7. The molecule has 2 heterocycles. The maximum Gasteiger partial charge on any atom is 0.416 e. The van der Waals surface area contributed by atoms with Crippen LogP contribution in [-0.4, -0.2) is 56.9 Å². The average Bonchev–Trinajstić information content (AvgIpc) is 3.18. The van der Waals surface area contributed by atoms with Gasteiger partial charge in [0.25, 0.3) is 0 Å². The minimum Gasteiger partial charge on any atom is -0.368 e. The Morgan fingerprint density at radius 3 is 2.26 bits per heavy atom. The number of anilines is 1. The molecule has 11 heteroatoms. The van der Waals surface area contributed by atoms with Gasteiger partial charge in [0, 0.05) is 48.8 Å². The van der Waals surface area contributed by atoms with Crippen molar-refractivity contribution in [1.29, 1.82) is 0 Å². The Bertz CT molecular complexity index is 1260. The van der Waals surface area contributed by atoms with Gasteiger partial charge in [0.15, 0.2) is 9.84 Å². The van der Waals surface area contributed by atoms with Gasteiger partial charge in [0.1, 0.15) is 0 Å². The summed E-state index contributed by atoms with van der Waals surface area (Å²) in [6.07, 6.45) is -3.94. The van der Waals surface area contributed by atoms with Gasteiger partial charge in [-0.05, 0) is 53.8 Å². The van der Waals surface area contributed by atoms with Crippen molar-refractivity contribution in [1.82, 2.24) is 4.90 Å². The Morgan fingerprint density at radius 1 is 1.05 bits per heavy atom. The number of piperazine rings is 1. The lowest BCUT2D eigenvalue weighted by Gasteiger charge is -2.39. The molecule has 0 unspecified atom stereocenters. The highest BCUT2D eigenvalue weighted by Crippen LogP contribution is 2.38. The summed E-state index contributed by atoms with van der Waals surface area (Å²) in [6, 6.07) is 10.0. The minimum atomic E-state index is -4.47. The summed E-state index contributed by atoms with van der Waals surface area (Å²) in [5, 5.41) is 0.532. The molecule has 0 aliphatic carbocycles. The Hall–Kier alpha value is -2.30. The third-order valence-corrected chi connectivity index (χ3v) is 9.37. The molecule has 2 aromatic rings. The molecule has 0 radical (unpaired) electrons. The number of halogens is 4. The van der Waals surface area contributed by atoms with Crippen LogP contribution in [0, 0.1) is 11.8 Å². The smallest absolute Gasteiger partial charge is 0.368 e. The van der Waals surface area contributed by atoms with E-state index in [4.69, 9.17) is 17.3 Å². The molecular weight excluding hydrogens is 539 g/mol. The molecule has 1 amide bonds. The fourth-order valence-electron chi connectivity index (χ4n) is 5.48. The monoisotopic (exact) mass is 571 g/mol. The normalized spacial score (nSPS) is 22.6. The number of alkyl halides is 3. The van der Waals surface area contributed by atoms with Crippen molar-refractivity contribution < 1.29 is 26.4 Å². The van der Waals surface area contributed by atoms with Crippen LogP contribution >= 0.6 is 11.6 Å². The van der Waals surface area contributed by atoms with Crippen LogP contribution in [0.1, 0.15) is 48.9 Å². The zero-order valence-electron chi connectivity index (χ0n) is 21.4. The summed E-state index contributed by atoms with van der Waals surface area (Å²) in [4.78, 5) is 17.1. The fraction of sp³-hybridized carbons (Fsp3) is 0.519. The van der Waals surface area contributed by atoms with E-state index in [1.165, 1.54) is 6.07 Å². The quantitative estimate of drug-likeness (QED) is 0.534. The number of carbonyl (C=O) groups excluding carboxylic acids is 1. The number of amides is 1. The molecule has 0 aromatic heterocycles. The van der Waals surface area contributed by atoms with Crippen molar-refractivity contribution in [3.8, 4) is 0 Å². The molecule has 0 bridgehead atoms. The van der Waals surface area contributed by atoms with Crippen LogP contribution in [0.4, 0.5) is 18.9 Å². The molecule has 2 N–H and O–H groups in total. The maximum atomic E-state index is 13.5. The molecule has 38 heavy (non-hydrogen) atoms. The van der Waals surface area contributed by atoms with Crippen LogP contribution in [0.2, 0.25) is 5.02 Å². The molecule has 2 saturated heterocycles. The van der Waals surface area contributed by atoms with E-state index in [0.29, 0.717) is 48.9 Å². The number of carbonyl (C=O) groups is 1. The molecule has 2 aliphatic rings. The van der Waals surface area contributed by atoms with Crippen LogP contribution in [0.3, 0.4) is 0 Å². The van der Waals surface area contributed by atoms with Crippen LogP contribution in [0.15, 0.2) is 42.5 Å². The van der Waals surface area contributed by atoms with E-state index in [1.54, 1.807) is 29.2 Å². The van der Waals surface area contributed by atoms with Crippen molar-refractivity contribution >= 4 is 33.0 Å². The highest BCUT2D eigenvalue weighted by Gasteiger charge is 2.44. The highest BCUT2D eigenvalue weighted by molar-refractivity contribution is 7.91. The molecule has 3 atom stereocenters. The SMILES string of the molecule is CC(C)C[C@H](N)c1cc(C(F)(F)F)ccc1N1CCN(C(=O)[C@H]2CS(=O)(=O)C[C@@H]2c2ccc(Cl)cc2)CC1. The standard InChI is InChI=1S/C27H33ClF3N3O3S/c1-17(2)13-24(32)21-14-19(27(29,30)31)5-8-25(21)33-9-11-34(12-10-33)26(35)23-16-38(36,37)15-22(23)18-3-6-20(28)7-4-18/h3-8,14,17,22-24H,9-13,15-16,32H2,1-2H3/t22-,23+,24+/m1/s1. The Labute approximate surface area is 226 Å². The fourth-order valence-corrected chi connectivity index (χ4v) is 7.64. The summed E-state index contributed by atoms with van der Waals surface area (Å²) in [7, 11) is -3.38. The lowest BCUT2D eigenvalue weighted by Crippen LogP contribution is -2.51. The van der Waals surface area contributed by atoms with Crippen LogP contribution < -0.4 is 10.6 Å². The van der Waals surface area contributed by atoms with Crippen molar-refractivity contribution in [2.24, 2.45) is 17.6 Å². The van der Waals surface area contributed by atoms with Crippen molar-refractivity contribution in [3.05, 3.63) is 64.2 Å². The van der Waals surface area contributed by atoms with Crippen LogP contribution in [0.5, 0.6) is 0 Å². The molecule has 2 aliphatic heterocycles. The van der Waals surface area contributed by atoms with Gasteiger partial charge in [-0.3, -0.25) is 4.79 Å². The molecule has 2 aromatic carbocycles. The zero-order chi connectivity index (χ0) is 27.8. The van der Waals surface area contributed by atoms with Crippen LogP contribution in [0.25, 0.3) is 0 Å².